The van der Waals surface area contributed by atoms with Crippen LogP contribution in [0.4, 0.5) is 10.3 Å². The van der Waals surface area contributed by atoms with Gasteiger partial charge in [-0.15, -0.1) is 0 Å². The molecule has 152 valence electrons. The van der Waals surface area contributed by atoms with Crippen LogP contribution in [0.2, 0.25) is 5.02 Å². The van der Waals surface area contributed by atoms with E-state index in [0.29, 0.717) is 16.5 Å². The van der Waals surface area contributed by atoms with Gasteiger partial charge in [0.05, 0.1) is 5.70 Å². The van der Waals surface area contributed by atoms with Crippen LogP contribution in [-0.4, -0.2) is 14.8 Å². The lowest BCUT2D eigenvalue weighted by atomic mass is 9.84. The monoisotopic (exact) mass is 430 g/mol. The molecule has 6 rings (SSSR count). The number of benzene rings is 3. The van der Waals surface area contributed by atoms with Crippen molar-refractivity contribution in [1.29, 1.82) is 0 Å². The van der Waals surface area contributed by atoms with Crippen LogP contribution in [0, 0.1) is 5.82 Å². The zero-order chi connectivity index (χ0) is 20.9. The third kappa shape index (κ3) is 2.75. The van der Waals surface area contributed by atoms with Crippen molar-refractivity contribution in [2.24, 2.45) is 0 Å². The van der Waals surface area contributed by atoms with Crippen LogP contribution >= 0.6 is 11.6 Å². The Bertz CT molecular complexity index is 1350. The molecule has 0 unspecified atom stereocenters. The predicted molar refractivity (Wildman–Crippen MR) is 116 cm³/mol. The van der Waals surface area contributed by atoms with Crippen molar-refractivity contribution >= 4 is 23.2 Å². The molecule has 4 aromatic rings. The minimum atomic E-state index is -0.551. The molecule has 0 amide bonds. The van der Waals surface area contributed by atoms with Gasteiger partial charge in [-0.2, -0.15) is 10.1 Å². The zero-order valence-corrected chi connectivity index (χ0v) is 16.9. The summed E-state index contributed by atoms with van der Waals surface area (Å²) >= 11 is 6.59. The second-order valence-corrected chi connectivity index (χ2v) is 7.83. The molecule has 2 aliphatic heterocycles. The van der Waals surface area contributed by atoms with Crippen LogP contribution < -0.4 is 10.1 Å². The lowest BCUT2D eigenvalue weighted by Gasteiger charge is -2.39. The largest absolute Gasteiger partial charge is 0.480 e. The molecule has 2 atom stereocenters. The van der Waals surface area contributed by atoms with Crippen molar-refractivity contribution in [3.8, 4) is 5.75 Å². The zero-order valence-electron chi connectivity index (χ0n) is 16.2. The third-order valence-corrected chi connectivity index (χ3v) is 6.05. The van der Waals surface area contributed by atoms with Crippen molar-refractivity contribution in [2.75, 3.05) is 5.32 Å². The molecule has 0 fully saturated rings. The Morgan fingerprint density at radius 2 is 1.68 bits per heavy atom. The van der Waals surface area contributed by atoms with E-state index in [1.165, 1.54) is 12.4 Å². The first-order valence-corrected chi connectivity index (χ1v) is 10.3. The molecule has 7 heteroatoms. The summed E-state index contributed by atoms with van der Waals surface area (Å²) in [5.74, 6) is 0.944. The highest BCUT2D eigenvalue weighted by molar-refractivity contribution is 6.31. The van der Waals surface area contributed by atoms with Gasteiger partial charge in [0.1, 0.15) is 23.9 Å². The highest BCUT2D eigenvalue weighted by atomic mass is 35.5. The summed E-state index contributed by atoms with van der Waals surface area (Å²) in [4.78, 5) is 4.36. The summed E-state index contributed by atoms with van der Waals surface area (Å²) < 4.78 is 23.2. The Labute approximate surface area is 182 Å². The van der Waals surface area contributed by atoms with Crippen LogP contribution in [0.25, 0.3) is 5.70 Å². The van der Waals surface area contributed by atoms with Crippen molar-refractivity contribution in [1.82, 2.24) is 14.8 Å². The molecule has 0 radical (unpaired) electrons. The normalized spacial score (nSPS) is 19.0. The number of para-hydroxylation sites is 1. The van der Waals surface area contributed by atoms with E-state index in [0.717, 1.165) is 28.1 Å². The Hall–Kier alpha value is -3.64. The summed E-state index contributed by atoms with van der Waals surface area (Å²) in [5, 5.41) is 8.38. The number of fused-ring (bicyclic) bond motifs is 3. The summed E-state index contributed by atoms with van der Waals surface area (Å²) in [6, 6.07) is 21.5. The Morgan fingerprint density at radius 3 is 2.52 bits per heavy atom. The van der Waals surface area contributed by atoms with Crippen LogP contribution in [-0.2, 0) is 0 Å². The molecule has 0 spiro atoms. The highest BCUT2D eigenvalue weighted by Gasteiger charge is 2.42. The average molecular weight is 431 g/mol. The van der Waals surface area contributed by atoms with Gasteiger partial charge in [-0.25, -0.2) is 9.07 Å². The lowest BCUT2D eigenvalue weighted by Crippen LogP contribution is -2.33. The summed E-state index contributed by atoms with van der Waals surface area (Å²) in [6.45, 7) is 0. The lowest BCUT2D eigenvalue weighted by molar-refractivity contribution is 0.222. The predicted octanol–water partition coefficient (Wildman–Crippen LogP) is 5.63. The second kappa shape index (κ2) is 6.96. The Balaban J connectivity index is 1.67. The first-order valence-electron chi connectivity index (χ1n) is 9.88. The van der Waals surface area contributed by atoms with Gasteiger partial charge >= 0.3 is 0 Å². The van der Waals surface area contributed by atoms with Gasteiger partial charge in [0.2, 0.25) is 5.95 Å². The number of nitrogens with one attached hydrogen (secondary N) is 1. The van der Waals surface area contributed by atoms with Crippen molar-refractivity contribution in [3.05, 3.63) is 112 Å². The molecule has 5 nitrogen and oxygen atoms in total. The highest BCUT2D eigenvalue weighted by Crippen LogP contribution is 2.51. The molecule has 3 aromatic carbocycles. The number of anilines is 1. The molecular weight excluding hydrogens is 415 g/mol. The number of aromatic nitrogens is 3. The Kier molecular flexibility index (Phi) is 4.07. The van der Waals surface area contributed by atoms with Crippen molar-refractivity contribution in [3.63, 3.8) is 0 Å². The standard InChI is InChI=1S/C24H16ClFN4O/c25-17-10-4-1-7-14(17)23-20-21(16-9-3-6-12-19(16)31-23)29-24-27-13-28-30(24)22(20)15-8-2-5-11-18(15)26/h1-13,22-23H,(H,27,28,29)/t22-,23+/m0/s1. The van der Waals surface area contributed by atoms with E-state index in [4.69, 9.17) is 16.3 Å². The molecule has 2 aliphatic rings. The van der Waals surface area contributed by atoms with Gasteiger partial charge in [0.15, 0.2) is 6.10 Å². The van der Waals surface area contributed by atoms with Gasteiger partial charge < -0.3 is 10.1 Å². The third-order valence-electron chi connectivity index (χ3n) is 5.71. The maximum atomic E-state index is 15.1. The van der Waals surface area contributed by atoms with E-state index in [9.17, 15) is 0 Å². The van der Waals surface area contributed by atoms with E-state index in [1.54, 1.807) is 16.8 Å². The van der Waals surface area contributed by atoms with E-state index in [2.05, 4.69) is 15.4 Å². The van der Waals surface area contributed by atoms with Gasteiger partial charge in [-0.05, 0) is 24.3 Å². The SMILES string of the molecule is Fc1ccccc1[C@H]1C2=C(Nc3ncnn31)c1ccccc1O[C@@H]2c1ccccc1Cl. The molecule has 3 heterocycles. The maximum Gasteiger partial charge on any atom is 0.226 e. The number of halogens is 2. The quantitative estimate of drug-likeness (QED) is 0.447. The fourth-order valence-corrected chi connectivity index (χ4v) is 4.59. The van der Waals surface area contributed by atoms with Crippen LogP contribution in [0.3, 0.4) is 0 Å². The van der Waals surface area contributed by atoms with E-state index < -0.39 is 12.1 Å². The molecule has 0 saturated heterocycles. The molecule has 1 aromatic heterocycles. The van der Waals surface area contributed by atoms with Crippen LogP contribution in [0.5, 0.6) is 5.75 Å². The number of rotatable bonds is 2. The van der Waals surface area contributed by atoms with Gasteiger partial charge in [0, 0.05) is 27.3 Å². The topological polar surface area (TPSA) is 52.0 Å². The number of hydrogen-bond donors (Lipinski definition) is 1. The molecule has 31 heavy (non-hydrogen) atoms. The summed E-state index contributed by atoms with van der Waals surface area (Å²) in [5.41, 5.74) is 3.84. The number of hydrogen-bond acceptors (Lipinski definition) is 4. The minimum Gasteiger partial charge on any atom is -0.480 e. The van der Waals surface area contributed by atoms with Crippen LogP contribution in [0.15, 0.2) is 84.7 Å². The van der Waals surface area contributed by atoms with Crippen molar-refractivity contribution in [2.45, 2.75) is 12.1 Å². The molecule has 0 aliphatic carbocycles. The van der Waals surface area contributed by atoms with E-state index in [-0.39, 0.29) is 5.82 Å². The summed E-state index contributed by atoms with van der Waals surface area (Å²) in [7, 11) is 0. The second-order valence-electron chi connectivity index (χ2n) is 7.42. The minimum absolute atomic E-state index is 0.320. The smallest absolute Gasteiger partial charge is 0.226 e. The fourth-order valence-electron chi connectivity index (χ4n) is 4.36. The van der Waals surface area contributed by atoms with Gasteiger partial charge in [-0.3, -0.25) is 0 Å². The van der Waals surface area contributed by atoms with Crippen molar-refractivity contribution < 1.29 is 9.13 Å². The van der Waals surface area contributed by atoms with Gasteiger partial charge in [-0.1, -0.05) is 60.1 Å². The Morgan fingerprint density at radius 1 is 0.935 bits per heavy atom. The fraction of sp³-hybridized carbons (Fsp3) is 0.0833. The van der Waals surface area contributed by atoms with E-state index >= 15 is 4.39 Å². The van der Waals surface area contributed by atoms with E-state index in [1.807, 2.05) is 54.6 Å². The first-order chi connectivity index (χ1) is 15.2. The number of ether oxygens (including phenoxy) is 1. The van der Waals surface area contributed by atoms with Crippen LogP contribution in [0.1, 0.15) is 28.8 Å². The molecular formula is C24H16ClFN4O. The molecule has 0 saturated carbocycles. The molecule has 0 bridgehead atoms. The summed E-state index contributed by atoms with van der Waals surface area (Å²) in [6.07, 6.45) is 0.930. The average Bonchev–Trinajstić information content (AvgIpc) is 3.26. The first kappa shape index (κ1) is 18.2. The number of nitrogens with zero attached hydrogens (tertiary/aromatic N) is 3. The maximum absolute atomic E-state index is 15.1. The van der Waals surface area contributed by atoms with Gasteiger partial charge in [0.25, 0.3) is 0 Å². The molecule has 1 N–H and O–H groups in total.